The third kappa shape index (κ3) is 6.34. The monoisotopic (exact) mass is 602 g/mol. The van der Waals surface area contributed by atoms with E-state index in [9.17, 15) is 17.6 Å². The van der Waals surface area contributed by atoms with E-state index < -0.39 is 18.7 Å². The van der Waals surface area contributed by atoms with E-state index >= 15 is 0 Å². The summed E-state index contributed by atoms with van der Waals surface area (Å²) in [5, 5.41) is 16.1. The molecule has 0 fully saturated rings. The smallest absolute Gasteiger partial charge is 0.388 e. The first-order valence-corrected chi connectivity index (χ1v) is 13.5. The molecule has 228 valence electrons. The summed E-state index contributed by atoms with van der Waals surface area (Å²) >= 11 is 0. The van der Waals surface area contributed by atoms with Gasteiger partial charge < -0.3 is 23.9 Å². The van der Waals surface area contributed by atoms with Crippen molar-refractivity contribution in [1.29, 1.82) is 0 Å². The number of aryl methyl sites for hydroxylation is 2. The van der Waals surface area contributed by atoms with Crippen LogP contribution in [0.1, 0.15) is 24.1 Å². The van der Waals surface area contributed by atoms with Crippen molar-refractivity contribution in [1.82, 2.24) is 29.1 Å². The van der Waals surface area contributed by atoms with E-state index in [1.54, 1.807) is 26.3 Å². The number of benzene rings is 1. The Balaban J connectivity index is 0.000000682. The lowest BCUT2D eigenvalue weighted by molar-refractivity contribution is -0.0527. The Labute approximate surface area is 244 Å². The Morgan fingerprint density at radius 2 is 1.81 bits per heavy atom. The van der Waals surface area contributed by atoms with Gasteiger partial charge in [-0.25, -0.2) is 18.4 Å². The molecule has 43 heavy (non-hydrogen) atoms. The molecule has 3 aliphatic heterocycles. The zero-order valence-electron chi connectivity index (χ0n) is 23.5. The molecule has 0 bridgehead atoms. The van der Waals surface area contributed by atoms with Crippen molar-refractivity contribution in [2.24, 2.45) is 7.05 Å². The van der Waals surface area contributed by atoms with Crippen LogP contribution in [0.2, 0.25) is 0 Å². The molecular formula is C29H30F4N6O4. The minimum atomic E-state index is -3.13. The van der Waals surface area contributed by atoms with Gasteiger partial charge in [-0.1, -0.05) is 30.3 Å². The summed E-state index contributed by atoms with van der Waals surface area (Å²) < 4.78 is 74.8. The molecular weight excluding hydrogens is 572 g/mol. The molecule has 0 unspecified atom stereocenters. The van der Waals surface area contributed by atoms with Crippen LogP contribution in [0.3, 0.4) is 0 Å². The fourth-order valence-electron chi connectivity index (χ4n) is 4.94. The topological polar surface area (TPSA) is 101 Å². The van der Waals surface area contributed by atoms with Crippen LogP contribution in [0, 0.1) is 0 Å². The number of pyridine rings is 1. The van der Waals surface area contributed by atoms with Gasteiger partial charge in [0.25, 0.3) is 6.43 Å². The molecule has 0 amide bonds. The summed E-state index contributed by atoms with van der Waals surface area (Å²) in [5.74, 6) is 0.312. The number of methoxy groups -OCH3 is 1. The molecule has 1 N–H and O–H groups in total. The van der Waals surface area contributed by atoms with Gasteiger partial charge >= 0.3 is 6.61 Å². The zero-order valence-corrected chi connectivity index (χ0v) is 23.5. The predicted octanol–water partition coefficient (Wildman–Crippen LogP) is 5.25. The van der Waals surface area contributed by atoms with E-state index in [0.29, 0.717) is 49.7 Å². The molecule has 0 saturated heterocycles. The minimum Gasteiger partial charge on any atom is -0.477 e. The van der Waals surface area contributed by atoms with Gasteiger partial charge in [0.1, 0.15) is 11.5 Å². The first kappa shape index (κ1) is 30.0. The first-order chi connectivity index (χ1) is 20.8. The van der Waals surface area contributed by atoms with Crippen molar-refractivity contribution in [2.75, 3.05) is 26.9 Å². The SMILES string of the molecule is COCCO.Cn1cc(-c2c3cccn(Cc4ccccc4)c-3nc2-c2c(C(F)F)nn3c2OCCC3)c(OC(F)F)n1. The molecule has 5 heterocycles. The van der Waals surface area contributed by atoms with Gasteiger partial charge in [0.15, 0.2) is 0 Å². The van der Waals surface area contributed by atoms with Gasteiger partial charge in [-0.15, -0.1) is 5.10 Å². The summed E-state index contributed by atoms with van der Waals surface area (Å²) in [4.78, 5) is 4.82. The van der Waals surface area contributed by atoms with Crippen LogP contribution in [-0.4, -0.2) is 67.8 Å². The summed E-state index contributed by atoms with van der Waals surface area (Å²) in [6.07, 6.45) is 1.03. The van der Waals surface area contributed by atoms with Gasteiger partial charge in [0.2, 0.25) is 11.8 Å². The number of aliphatic hydroxyl groups excluding tert-OH is 1. The lowest BCUT2D eigenvalue weighted by atomic mass is 9.98. The second-order valence-electron chi connectivity index (χ2n) is 9.60. The van der Waals surface area contributed by atoms with Crippen LogP contribution < -0.4 is 9.47 Å². The van der Waals surface area contributed by atoms with Crippen molar-refractivity contribution in [3.63, 3.8) is 0 Å². The van der Waals surface area contributed by atoms with Crippen LogP contribution >= 0.6 is 0 Å². The molecule has 0 spiro atoms. The second-order valence-corrected chi connectivity index (χ2v) is 9.60. The summed E-state index contributed by atoms with van der Waals surface area (Å²) in [6.45, 7) is -1.38. The van der Waals surface area contributed by atoms with Crippen LogP contribution in [-0.2, 0) is 24.9 Å². The van der Waals surface area contributed by atoms with Gasteiger partial charge in [-0.3, -0.25) is 4.68 Å². The number of ether oxygens (including phenoxy) is 3. The number of fused-ring (bicyclic) bond motifs is 2. The van der Waals surface area contributed by atoms with Crippen molar-refractivity contribution in [3.05, 3.63) is 66.1 Å². The van der Waals surface area contributed by atoms with Crippen molar-refractivity contribution in [2.45, 2.75) is 32.5 Å². The van der Waals surface area contributed by atoms with Gasteiger partial charge in [0.05, 0.1) is 36.6 Å². The third-order valence-electron chi connectivity index (χ3n) is 6.65. The molecule has 3 aromatic rings. The molecule has 0 atom stereocenters. The molecule has 0 radical (unpaired) electrons. The maximum atomic E-state index is 14.3. The Bertz CT molecular complexity index is 1620. The molecule has 1 aromatic carbocycles. The lowest BCUT2D eigenvalue weighted by Crippen LogP contribution is -2.15. The van der Waals surface area contributed by atoms with Crippen LogP contribution in [0.4, 0.5) is 17.6 Å². The summed E-state index contributed by atoms with van der Waals surface area (Å²) in [5.41, 5.74) is 1.76. The quantitative estimate of drug-likeness (QED) is 0.230. The number of nitrogens with zero attached hydrogens (tertiary/aromatic N) is 6. The fraction of sp³-hybridized carbons (Fsp3) is 0.345. The average molecular weight is 603 g/mol. The summed E-state index contributed by atoms with van der Waals surface area (Å²) in [6, 6.07) is 13.2. The normalized spacial score (nSPS) is 12.8. The number of aliphatic hydroxyl groups is 1. The molecule has 6 rings (SSSR count). The Morgan fingerprint density at radius 3 is 2.49 bits per heavy atom. The number of hydrogen-bond donors (Lipinski definition) is 1. The Hall–Kier alpha value is -4.43. The fourth-order valence-corrected chi connectivity index (χ4v) is 4.94. The second kappa shape index (κ2) is 13.3. The Kier molecular flexibility index (Phi) is 9.26. The van der Waals surface area contributed by atoms with E-state index in [2.05, 4.69) is 14.9 Å². The minimum absolute atomic E-state index is 0.0315. The Morgan fingerprint density at radius 1 is 1.02 bits per heavy atom. The van der Waals surface area contributed by atoms with Gasteiger partial charge in [-0.05, 0) is 17.7 Å². The van der Waals surface area contributed by atoms with Gasteiger partial charge in [-0.2, -0.15) is 13.9 Å². The maximum absolute atomic E-state index is 14.3. The number of alkyl halides is 4. The highest BCUT2D eigenvalue weighted by Gasteiger charge is 2.35. The molecule has 10 nitrogen and oxygen atoms in total. The van der Waals surface area contributed by atoms with E-state index in [1.807, 2.05) is 41.1 Å². The van der Waals surface area contributed by atoms with E-state index in [1.165, 1.54) is 15.6 Å². The number of hydrogen-bond acceptors (Lipinski definition) is 7. The van der Waals surface area contributed by atoms with Crippen molar-refractivity contribution >= 4 is 0 Å². The number of aromatic nitrogens is 6. The zero-order chi connectivity index (χ0) is 30.5. The molecule has 14 heteroatoms. The van der Waals surface area contributed by atoms with E-state index in [4.69, 9.17) is 19.6 Å². The highest BCUT2D eigenvalue weighted by molar-refractivity contribution is 5.97. The first-order valence-electron chi connectivity index (χ1n) is 13.5. The molecule has 0 aliphatic carbocycles. The van der Waals surface area contributed by atoms with Gasteiger partial charge in [0, 0.05) is 57.2 Å². The number of halogens is 4. The predicted molar refractivity (Wildman–Crippen MR) is 148 cm³/mol. The largest absolute Gasteiger partial charge is 0.477 e. The van der Waals surface area contributed by atoms with E-state index in [0.717, 1.165) is 5.56 Å². The number of rotatable bonds is 9. The highest BCUT2D eigenvalue weighted by Crippen LogP contribution is 2.49. The molecule has 0 saturated carbocycles. The summed E-state index contributed by atoms with van der Waals surface area (Å²) in [7, 11) is 3.11. The average Bonchev–Trinajstić information content (AvgIpc) is 3.66. The van der Waals surface area contributed by atoms with Crippen molar-refractivity contribution < 1.29 is 36.9 Å². The van der Waals surface area contributed by atoms with Crippen LogP contribution in [0.25, 0.3) is 33.8 Å². The third-order valence-corrected chi connectivity index (χ3v) is 6.65. The highest BCUT2D eigenvalue weighted by atomic mass is 19.3. The molecule has 3 aliphatic rings. The maximum Gasteiger partial charge on any atom is 0.388 e. The molecule has 2 aromatic heterocycles. The van der Waals surface area contributed by atoms with Crippen LogP contribution in [0.5, 0.6) is 11.8 Å². The van der Waals surface area contributed by atoms with E-state index in [-0.39, 0.29) is 35.2 Å². The van der Waals surface area contributed by atoms with Crippen molar-refractivity contribution in [3.8, 4) is 45.5 Å². The standard InChI is InChI=1S/C26H22F4N6O2.C3H8O2/c1-34-14-17(24(33-34)38-26(29)30)18-16-9-5-10-35(13-15-7-3-2-4-8-15)23(16)31-20(18)19-21(22(27)28)32-36-11-6-12-37-25(19)36;1-5-3-2-4/h2-5,7-10,14,22,26H,6,11-13H2,1H3;4H,2-3H2,1H3. The van der Waals surface area contributed by atoms with Crippen LogP contribution in [0.15, 0.2) is 54.9 Å². The lowest BCUT2D eigenvalue weighted by Gasteiger charge is -2.16.